The van der Waals surface area contributed by atoms with Crippen LogP contribution in [0.3, 0.4) is 0 Å². The van der Waals surface area contributed by atoms with Crippen LogP contribution in [0.15, 0.2) is 0 Å². The van der Waals surface area contributed by atoms with Crippen molar-refractivity contribution < 1.29 is 14.3 Å². The van der Waals surface area contributed by atoms with Gasteiger partial charge in [-0.25, -0.2) is 10.2 Å². The van der Waals surface area contributed by atoms with Crippen LogP contribution < -0.4 is 10.9 Å². The number of carboxylic acid groups (broad SMARTS) is 1. The number of hydrogen-bond donors (Lipinski definition) is 3. The molecule has 0 aromatic carbocycles. The molecule has 1 amide bonds. The monoisotopic (exact) mass is 234 g/mol. The SMILES string of the molecule is CC(C)(C)[Si](C)(C)OCCNNC(=O)O. The fourth-order valence-corrected chi connectivity index (χ4v) is 1.76. The number of amides is 1. The van der Waals surface area contributed by atoms with Gasteiger partial charge in [-0.05, 0) is 18.1 Å². The van der Waals surface area contributed by atoms with Gasteiger partial charge in [0, 0.05) is 13.2 Å². The third-order valence-electron chi connectivity index (χ3n) is 2.69. The van der Waals surface area contributed by atoms with Gasteiger partial charge >= 0.3 is 6.09 Å². The van der Waals surface area contributed by atoms with Crippen molar-refractivity contribution >= 4 is 14.4 Å². The van der Waals surface area contributed by atoms with Crippen molar-refractivity contribution in [3.63, 3.8) is 0 Å². The zero-order valence-electron chi connectivity index (χ0n) is 10.2. The average molecular weight is 234 g/mol. The van der Waals surface area contributed by atoms with Crippen LogP contribution >= 0.6 is 0 Å². The molecule has 0 aliphatic heterocycles. The maximum atomic E-state index is 10.1. The molecular formula is C9H22N2O3Si. The molecule has 0 aromatic rings. The van der Waals surface area contributed by atoms with Gasteiger partial charge in [0.2, 0.25) is 0 Å². The highest BCUT2D eigenvalue weighted by molar-refractivity contribution is 6.74. The second-order valence-electron chi connectivity index (χ2n) is 4.97. The van der Waals surface area contributed by atoms with Crippen LogP contribution in [0.1, 0.15) is 20.8 Å². The lowest BCUT2D eigenvalue weighted by atomic mass is 10.2. The van der Waals surface area contributed by atoms with E-state index in [0.717, 1.165) is 0 Å². The molecule has 5 nitrogen and oxygen atoms in total. The Morgan fingerprint density at radius 2 is 1.93 bits per heavy atom. The number of nitrogens with one attached hydrogen (secondary N) is 2. The Morgan fingerprint density at radius 3 is 2.33 bits per heavy atom. The van der Waals surface area contributed by atoms with E-state index in [9.17, 15) is 4.79 Å². The molecule has 3 N–H and O–H groups in total. The highest BCUT2D eigenvalue weighted by atomic mass is 28.4. The van der Waals surface area contributed by atoms with E-state index in [0.29, 0.717) is 13.2 Å². The van der Waals surface area contributed by atoms with E-state index in [2.05, 4.69) is 44.7 Å². The molecule has 0 unspecified atom stereocenters. The Kier molecular flexibility index (Phi) is 5.26. The van der Waals surface area contributed by atoms with Gasteiger partial charge in [0.15, 0.2) is 8.32 Å². The predicted octanol–water partition coefficient (Wildman–Crippen LogP) is 1.78. The van der Waals surface area contributed by atoms with Crippen molar-refractivity contribution in [2.45, 2.75) is 38.9 Å². The number of rotatable bonds is 5. The van der Waals surface area contributed by atoms with Crippen molar-refractivity contribution in [2.75, 3.05) is 13.2 Å². The lowest BCUT2D eigenvalue weighted by Crippen LogP contribution is -2.44. The Hall–Kier alpha value is -0.593. The molecule has 0 heterocycles. The molecular weight excluding hydrogens is 212 g/mol. The van der Waals surface area contributed by atoms with Crippen LogP contribution in [0.4, 0.5) is 4.79 Å². The summed E-state index contributed by atoms with van der Waals surface area (Å²) in [6.45, 7) is 11.8. The first-order valence-corrected chi connectivity index (χ1v) is 7.93. The second-order valence-corrected chi connectivity index (χ2v) is 9.77. The van der Waals surface area contributed by atoms with E-state index in [1.165, 1.54) is 0 Å². The highest BCUT2D eigenvalue weighted by Crippen LogP contribution is 2.36. The number of hydrazine groups is 1. The third-order valence-corrected chi connectivity index (χ3v) is 7.23. The molecule has 0 aromatic heterocycles. The minimum Gasteiger partial charge on any atom is -0.464 e. The molecule has 15 heavy (non-hydrogen) atoms. The van der Waals surface area contributed by atoms with Gasteiger partial charge in [-0.1, -0.05) is 20.8 Å². The molecule has 0 atom stereocenters. The topological polar surface area (TPSA) is 70.6 Å². The second kappa shape index (κ2) is 5.48. The van der Waals surface area contributed by atoms with E-state index in [4.69, 9.17) is 9.53 Å². The maximum Gasteiger partial charge on any atom is 0.419 e. The van der Waals surface area contributed by atoms with Crippen LogP contribution in [0.2, 0.25) is 18.1 Å². The molecule has 0 radical (unpaired) electrons. The van der Waals surface area contributed by atoms with Crippen molar-refractivity contribution in [2.24, 2.45) is 0 Å². The zero-order valence-corrected chi connectivity index (χ0v) is 11.2. The van der Waals surface area contributed by atoms with Crippen LogP contribution in [-0.4, -0.2) is 32.7 Å². The summed E-state index contributed by atoms with van der Waals surface area (Å²) in [6, 6.07) is 0. The molecule has 6 heteroatoms. The van der Waals surface area contributed by atoms with Crippen molar-refractivity contribution in [1.82, 2.24) is 10.9 Å². The fourth-order valence-electron chi connectivity index (χ4n) is 0.712. The van der Waals surface area contributed by atoms with Gasteiger partial charge in [-0.2, -0.15) is 0 Å². The van der Waals surface area contributed by atoms with E-state index < -0.39 is 14.4 Å². The first-order chi connectivity index (χ1) is 6.67. The van der Waals surface area contributed by atoms with Gasteiger partial charge in [0.25, 0.3) is 0 Å². The fraction of sp³-hybridized carbons (Fsp3) is 0.889. The molecule has 0 spiro atoms. The third kappa shape index (κ3) is 5.76. The van der Waals surface area contributed by atoms with E-state index >= 15 is 0 Å². The van der Waals surface area contributed by atoms with E-state index in [1.54, 1.807) is 0 Å². The largest absolute Gasteiger partial charge is 0.464 e. The van der Waals surface area contributed by atoms with Gasteiger partial charge < -0.3 is 9.53 Å². The van der Waals surface area contributed by atoms with Crippen LogP contribution in [-0.2, 0) is 4.43 Å². The summed E-state index contributed by atoms with van der Waals surface area (Å²) < 4.78 is 5.82. The molecule has 0 bridgehead atoms. The Balaban J connectivity index is 3.72. The number of carbonyl (C=O) groups is 1. The molecule has 90 valence electrons. The van der Waals surface area contributed by atoms with Gasteiger partial charge in [0.1, 0.15) is 0 Å². The summed E-state index contributed by atoms with van der Waals surface area (Å²) in [5.41, 5.74) is 4.63. The minimum absolute atomic E-state index is 0.188. The quantitative estimate of drug-likeness (QED) is 0.385. The van der Waals surface area contributed by atoms with Gasteiger partial charge in [-0.3, -0.25) is 5.43 Å². The van der Waals surface area contributed by atoms with Crippen LogP contribution in [0.5, 0.6) is 0 Å². The first-order valence-electron chi connectivity index (χ1n) is 5.02. The summed E-state index contributed by atoms with van der Waals surface area (Å²) in [4.78, 5) is 10.1. The normalized spacial score (nSPS) is 12.6. The van der Waals surface area contributed by atoms with E-state index in [-0.39, 0.29) is 5.04 Å². The Morgan fingerprint density at radius 1 is 1.40 bits per heavy atom. The van der Waals surface area contributed by atoms with E-state index in [1.807, 2.05) is 0 Å². The molecule has 0 rings (SSSR count). The molecule has 0 fully saturated rings. The van der Waals surface area contributed by atoms with Crippen LogP contribution in [0, 0.1) is 0 Å². The molecule has 0 aliphatic carbocycles. The summed E-state index contributed by atoms with van der Waals surface area (Å²) in [6.07, 6.45) is -1.08. The van der Waals surface area contributed by atoms with Crippen LogP contribution in [0.25, 0.3) is 0 Å². The minimum atomic E-state index is -1.70. The van der Waals surface area contributed by atoms with Crippen molar-refractivity contribution in [3.05, 3.63) is 0 Å². The summed E-state index contributed by atoms with van der Waals surface area (Å²) in [5.74, 6) is 0. The molecule has 0 saturated carbocycles. The predicted molar refractivity (Wildman–Crippen MR) is 62.3 cm³/mol. The highest BCUT2D eigenvalue weighted by Gasteiger charge is 2.36. The standard InChI is InChI=1S/C9H22N2O3Si/c1-9(2,3)15(4,5)14-7-6-10-11-8(12)13/h10-11H,6-7H2,1-5H3,(H,12,13). The lowest BCUT2D eigenvalue weighted by Gasteiger charge is -2.36. The Bertz CT molecular complexity index is 214. The zero-order chi connectivity index (χ0) is 12.1. The summed E-state index contributed by atoms with van der Waals surface area (Å²) in [7, 11) is -1.70. The van der Waals surface area contributed by atoms with Gasteiger partial charge in [-0.15, -0.1) is 0 Å². The molecule has 0 saturated heterocycles. The van der Waals surface area contributed by atoms with Gasteiger partial charge in [0.05, 0.1) is 0 Å². The maximum absolute atomic E-state index is 10.1. The lowest BCUT2D eigenvalue weighted by molar-refractivity contribution is 0.187. The summed E-state index contributed by atoms with van der Waals surface area (Å²) in [5, 5.41) is 8.48. The summed E-state index contributed by atoms with van der Waals surface area (Å²) >= 11 is 0. The number of hydrogen-bond acceptors (Lipinski definition) is 3. The Labute approximate surface area is 92.3 Å². The van der Waals surface area contributed by atoms with Crippen molar-refractivity contribution in [1.29, 1.82) is 0 Å². The molecule has 0 aliphatic rings. The van der Waals surface area contributed by atoms with Crippen molar-refractivity contribution in [3.8, 4) is 0 Å². The first kappa shape index (κ1) is 14.4. The smallest absolute Gasteiger partial charge is 0.419 e. The average Bonchev–Trinajstić information content (AvgIpc) is 2.00.